The summed E-state index contributed by atoms with van der Waals surface area (Å²) in [6.45, 7) is 1.67. The molecule has 150 valence electrons. The van der Waals surface area contributed by atoms with Crippen LogP contribution in [0.3, 0.4) is 0 Å². The number of alkyl halides is 4. The molecular weight excluding hydrogens is 415 g/mol. The number of hydrogen-bond donors (Lipinski definition) is 1. The zero-order chi connectivity index (χ0) is 21.5. The zero-order valence-corrected chi connectivity index (χ0v) is 16.3. The topological polar surface area (TPSA) is 78.0 Å². The molecular formula is C18H17ClF3N3O2S. The van der Waals surface area contributed by atoms with Gasteiger partial charge < -0.3 is 0 Å². The van der Waals surface area contributed by atoms with Crippen molar-refractivity contribution >= 4 is 27.2 Å². The summed E-state index contributed by atoms with van der Waals surface area (Å²) < 4.78 is 63.1. The average Bonchev–Trinajstić information content (AvgIpc) is 3.09. The number of primary sulfonamides is 1. The highest BCUT2D eigenvalue weighted by molar-refractivity contribution is 7.89. The van der Waals surface area contributed by atoms with Gasteiger partial charge in [-0.2, -0.15) is 18.3 Å². The van der Waals surface area contributed by atoms with Gasteiger partial charge in [0.1, 0.15) is 0 Å². The Labute approximate surface area is 166 Å². The fraction of sp³-hybridized carbons (Fsp3) is 0.167. The number of rotatable bonds is 5. The van der Waals surface area contributed by atoms with Crippen LogP contribution >= 0.6 is 11.6 Å². The Balaban J connectivity index is 0.00000190. The molecule has 0 atom stereocenters. The molecule has 0 radical (unpaired) electrons. The van der Waals surface area contributed by atoms with Crippen LogP contribution in [0, 0.1) is 12.8 Å². The smallest absolute Gasteiger partial charge is 0.233 e. The van der Waals surface area contributed by atoms with Gasteiger partial charge in [0.05, 0.1) is 16.3 Å². The molecule has 2 aromatic rings. The molecule has 0 saturated carbocycles. The molecule has 2 rings (SSSR count). The number of allylic oxidation sites excluding steroid dienone is 4. The van der Waals surface area contributed by atoms with Gasteiger partial charge >= 0.3 is 6.18 Å². The average molecular weight is 432 g/mol. The summed E-state index contributed by atoms with van der Waals surface area (Å²) in [5, 5.41) is 8.66. The summed E-state index contributed by atoms with van der Waals surface area (Å²) in [6, 6.07) is 5.98. The molecule has 1 aromatic carbocycles. The van der Waals surface area contributed by atoms with Gasteiger partial charge in [0.15, 0.2) is 5.69 Å². The molecule has 0 aliphatic heterocycles. The predicted octanol–water partition coefficient (Wildman–Crippen LogP) is 3.99. The standard InChI is InChI=1S/C16H15ClF3N3O2S.C2H2/c1-2-11(4-3-9-17)14-10-15(16(18,19)20)22-23(14)12-5-7-13(8-6-12)26(21,24)25;1-2/h2-8,10H,9H2,1H3,(H2,21,24,25);1-2H/b4-3-,11-2+;. The monoisotopic (exact) mass is 431 g/mol. The zero-order valence-electron chi connectivity index (χ0n) is 14.7. The Morgan fingerprint density at radius 1 is 1.29 bits per heavy atom. The van der Waals surface area contributed by atoms with Crippen molar-refractivity contribution < 1.29 is 21.6 Å². The van der Waals surface area contributed by atoms with E-state index in [0.717, 1.165) is 10.7 Å². The Kier molecular flexibility index (Phi) is 8.05. The fourth-order valence-electron chi connectivity index (χ4n) is 2.20. The minimum atomic E-state index is -4.63. The van der Waals surface area contributed by atoms with Gasteiger partial charge in [-0.05, 0) is 42.8 Å². The maximum absolute atomic E-state index is 13.1. The first kappa shape index (κ1) is 23.5. The molecule has 0 fully saturated rings. The summed E-state index contributed by atoms with van der Waals surface area (Å²) >= 11 is 5.60. The van der Waals surface area contributed by atoms with E-state index in [-0.39, 0.29) is 22.2 Å². The molecule has 28 heavy (non-hydrogen) atoms. The normalized spacial score (nSPS) is 12.6. The van der Waals surface area contributed by atoms with Gasteiger partial charge in [-0.15, -0.1) is 24.4 Å². The van der Waals surface area contributed by atoms with Crippen molar-refractivity contribution in [3.05, 3.63) is 59.9 Å². The van der Waals surface area contributed by atoms with E-state index >= 15 is 0 Å². The lowest BCUT2D eigenvalue weighted by atomic mass is 10.1. The van der Waals surface area contributed by atoms with E-state index < -0.39 is 21.9 Å². The van der Waals surface area contributed by atoms with Crippen LogP contribution in [0.2, 0.25) is 0 Å². The van der Waals surface area contributed by atoms with E-state index in [0.29, 0.717) is 5.57 Å². The van der Waals surface area contributed by atoms with E-state index in [1.807, 2.05) is 0 Å². The molecule has 5 nitrogen and oxygen atoms in total. The second-order valence-electron chi connectivity index (χ2n) is 5.16. The van der Waals surface area contributed by atoms with Crippen LogP contribution < -0.4 is 5.14 Å². The molecule has 10 heteroatoms. The molecule has 0 bridgehead atoms. The first-order chi connectivity index (χ1) is 13.1. The largest absolute Gasteiger partial charge is 0.435 e. The van der Waals surface area contributed by atoms with Gasteiger partial charge in [-0.3, -0.25) is 0 Å². The van der Waals surface area contributed by atoms with Crippen molar-refractivity contribution in [1.82, 2.24) is 9.78 Å². The molecule has 0 saturated heterocycles. The number of nitrogens with zero attached hydrogens (tertiary/aromatic N) is 2. The first-order valence-corrected chi connectivity index (χ1v) is 9.69. The number of terminal acetylenes is 1. The van der Waals surface area contributed by atoms with Crippen molar-refractivity contribution in [2.75, 3.05) is 5.88 Å². The van der Waals surface area contributed by atoms with E-state index in [1.54, 1.807) is 25.2 Å². The van der Waals surface area contributed by atoms with Gasteiger partial charge in [-0.1, -0.05) is 18.2 Å². The molecule has 0 amide bonds. The van der Waals surface area contributed by atoms with Crippen LogP contribution in [-0.2, 0) is 16.2 Å². The molecule has 0 aliphatic carbocycles. The van der Waals surface area contributed by atoms with Crippen molar-refractivity contribution in [1.29, 1.82) is 0 Å². The molecule has 1 heterocycles. The molecule has 0 unspecified atom stereocenters. The third kappa shape index (κ3) is 5.73. The number of halogens is 4. The summed E-state index contributed by atoms with van der Waals surface area (Å²) in [5.74, 6) is 0.195. The van der Waals surface area contributed by atoms with Crippen molar-refractivity contribution in [3.63, 3.8) is 0 Å². The van der Waals surface area contributed by atoms with Crippen LogP contribution in [0.4, 0.5) is 13.2 Å². The fourth-order valence-corrected chi connectivity index (χ4v) is 2.80. The molecule has 0 aliphatic rings. The highest BCUT2D eigenvalue weighted by Crippen LogP contribution is 2.32. The Morgan fingerprint density at radius 2 is 1.86 bits per heavy atom. The second-order valence-corrected chi connectivity index (χ2v) is 7.03. The predicted molar refractivity (Wildman–Crippen MR) is 103 cm³/mol. The lowest BCUT2D eigenvalue weighted by molar-refractivity contribution is -0.141. The summed E-state index contributed by atoms with van der Waals surface area (Å²) in [4.78, 5) is -0.153. The van der Waals surface area contributed by atoms with Crippen LogP contribution in [-0.4, -0.2) is 24.1 Å². The molecule has 1 aromatic heterocycles. The van der Waals surface area contributed by atoms with Crippen molar-refractivity contribution in [2.24, 2.45) is 5.14 Å². The maximum Gasteiger partial charge on any atom is 0.435 e. The van der Waals surface area contributed by atoms with Gasteiger partial charge in [-0.25, -0.2) is 18.2 Å². The van der Waals surface area contributed by atoms with Gasteiger partial charge in [0, 0.05) is 5.88 Å². The Hall–Kier alpha value is -2.54. The SMILES string of the molecule is C#C.C/C=C(\C=C/CCl)c1cc(C(F)(F)F)nn1-c1ccc(S(N)(=O)=O)cc1. The van der Waals surface area contributed by atoms with Crippen LogP contribution in [0.5, 0.6) is 0 Å². The number of nitrogens with two attached hydrogens (primary N) is 1. The number of hydrogen-bond acceptors (Lipinski definition) is 3. The van der Waals surface area contributed by atoms with Crippen LogP contribution in [0.25, 0.3) is 11.3 Å². The van der Waals surface area contributed by atoms with Gasteiger partial charge in [0.2, 0.25) is 10.0 Å². The highest BCUT2D eigenvalue weighted by atomic mass is 35.5. The van der Waals surface area contributed by atoms with Crippen molar-refractivity contribution in [3.8, 4) is 18.5 Å². The lowest BCUT2D eigenvalue weighted by Crippen LogP contribution is -2.12. The van der Waals surface area contributed by atoms with E-state index in [4.69, 9.17) is 16.7 Å². The summed E-state index contributed by atoms with van der Waals surface area (Å²) in [6.07, 6.45) is 8.16. The highest BCUT2D eigenvalue weighted by Gasteiger charge is 2.35. The van der Waals surface area contributed by atoms with E-state index in [1.165, 1.54) is 24.3 Å². The lowest BCUT2D eigenvalue weighted by Gasteiger charge is -2.09. The molecule has 0 spiro atoms. The second kappa shape index (κ2) is 9.59. The summed E-state index contributed by atoms with van der Waals surface area (Å²) in [7, 11) is -3.91. The minimum Gasteiger partial charge on any atom is -0.233 e. The van der Waals surface area contributed by atoms with Gasteiger partial charge in [0.25, 0.3) is 0 Å². The maximum atomic E-state index is 13.1. The van der Waals surface area contributed by atoms with E-state index in [2.05, 4.69) is 17.9 Å². The molecule has 2 N–H and O–H groups in total. The number of aromatic nitrogens is 2. The van der Waals surface area contributed by atoms with Crippen LogP contribution in [0.15, 0.2) is 53.5 Å². The Morgan fingerprint density at radius 3 is 2.29 bits per heavy atom. The number of sulfonamides is 1. The van der Waals surface area contributed by atoms with E-state index in [9.17, 15) is 21.6 Å². The third-order valence-corrected chi connectivity index (χ3v) is 4.51. The van der Waals surface area contributed by atoms with Crippen molar-refractivity contribution in [2.45, 2.75) is 18.0 Å². The minimum absolute atomic E-state index is 0.153. The Bertz CT molecular complexity index is 989. The first-order valence-electron chi connectivity index (χ1n) is 7.61. The quantitative estimate of drug-likeness (QED) is 0.441. The number of benzene rings is 1. The third-order valence-electron chi connectivity index (χ3n) is 3.40. The summed E-state index contributed by atoms with van der Waals surface area (Å²) in [5.41, 5.74) is -0.156. The van der Waals surface area contributed by atoms with Crippen LogP contribution in [0.1, 0.15) is 18.3 Å².